The number of aliphatic hydroxyl groups is 1. The first-order chi connectivity index (χ1) is 15.2. The first kappa shape index (κ1) is 28.0. The van der Waals surface area contributed by atoms with Crippen molar-refractivity contribution in [2.24, 2.45) is 5.73 Å². The van der Waals surface area contributed by atoms with Gasteiger partial charge in [0.1, 0.15) is 0 Å². The highest BCUT2D eigenvalue weighted by Crippen LogP contribution is 2.22. The van der Waals surface area contributed by atoms with Crippen molar-refractivity contribution in [3.8, 4) is 0 Å². The Morgan fingerprint density at radius 2 is 1.19 bits per heavy atom. The molecular formula is C22H27BrN4O4. The van der Waals surface area contributed by atoms with Crippen LogP contribution in [-0.2, 0) is 4.74 Å². The molecule has 1 aliphatic heterocycles. The fourth-order valence-electron chi connectivity index (χ4n) is 1.97. The second-order valence-electron chi connectivity index (χ2n) is 5.21. The van der Waals surface area contributed by atoms with Gasteiger partial charge in [-0.15, -0.1) is 0 Å². The summed E-state index contributed by atoms with van der Waals surface area (Å²) in [4.78, 5) is 31.8. The Bertz CT molecular complexity index is 717. The molecule has 0 atom stereocenters. The van der Waals surface area contributed by atoms with Gasteiger partial charge >= 0.3 is 0 Å². The van der Waals surface area contributed by atoms with E-state index >= 15 is 0 Å². The minimum absolute atomic E-state index is 0.225. The molecule has 0 fully saturated rings. The largest absolute Gasteiger partial charge is 0.400 e. The molecule has 3 aromatic rings. The van der Waals surface area contributed by atoms with Crippen LogP contribution in [0.4, 0.5) is 0 Å². The van der Waals surface area contributed by atoms with E-state index in [0.717, 1.165) is 7.11 Å². The van der Waals surface area contributed by atoms with Crippen LogP contribution in [0.25, 0.3) is 0 Å². The van der Waals surface area contributed by atoms with E-state index in [-0.39, 0.29) is 17.3 Å². The maximum atomic E-state index is 11.5. The lowest BCUT2D eigenvalue weighted by Crippen LogP contribution is -2.27. The van der Waals surface area contributed by atoms with E-state index in [2.05, 4.69) is 30.6 Å². The average Bonchev–Trinajstić information content (AvgIpc) is 3.13. The Hall–Kier alpha value is -2.98. The molecule has 31 heavy (non-hydrogen) atoms. The Kier molecular flexibility index (Phi) is 17.2. The summed E-state index contributed by atoms with van der Waals surface area (Å²) in [6.45, 7) is 0.319. The first-order valence-electron chi connectivity index (χ1n) is 9.02. The number of carbonyl (C=O) groups is 2. The number of nitrogens with two attached hydrogens (primary N) is 1. The van der Waals surface area contributed by atoms with Gasteiger partial charge in [0.2, 0.25) is 0 Å². The molecule has 2 aromatic heterocycles. The summed E-state index contributed by atoms with van der Waals surface area (Å²) in [6, 6.07) is 18.3. The summed E-state index contributed by atoms with van der Waals surface area (Å²) >= 11 is 3.10. The molecule has 0 saturated heterocycles. The SMILES string of the molecule is CO.COCN.O=C1c2ccccc2C(=O)N1CBr.c1ccncc1.c1ccncc1. The summed E-state index contributed by atoms with van der Waals surface area (Å²) in [5, 5.41) is 7.00. The predicted molar refractivity (Wildman–Crippen MR) is 123 cm³/mol. The fourth-order valence-corrected chi connectivity index (χ4v) is 2.43. The molecule has 166 valence electrons. The molecule has 4 rings (SSSR count). The first-order valence-corrected chi connectivity index (χ1v) is 10.1. The van der Waals surface area contributed by atoms with Crippen LogP contribution >= 0.6 is 15.9 Å². The summed E-state index contributed by atoms with van der Waals surface area (Å²) in [5.41, 5.74) is 6.04. The number of imide groups is 1. The number of rotatable bonds is 2. The smallest absolute Gasteiger partial charge is 0.262 e. The van der Waals surface area contributed by atoms with Crippen molar-refractivity contribution in [3.63, 3.8) is 0 Å². The van der Waals surface area contributed by atoms with E-state index in [1.165, 1.54) is 4.90 Å². The Labute approximate surface area is 190 Å². The van der Waals surface area contributed by atoms with Crippen molar-refractivity contribution >= 4 is 27.7 Å². The number of methoxy groups -OCH3 is 1. The molecule has 3 N–H and O–H groups in total. The van der Waals surface area contributed by atoms with E-state index in [1.807, 2.05) is 36.4 Å². The molecule has 9 heteroatoms. The molecule has 0 bridgehead atoms. The Balaban J connectivity index is 0.000000421. The van der Waals surface area contributed by atoms with Gasteiger partial charge in [-0.25, -0.2) is 0 Å². The third kappa shape index (κ3) is 11.1. The predicted octanol–water partition coefficient (Wildman–Crippen LogP) is 2.96. The fraction of sp³-hybridized carbons (Fsp3) is 0.182. The Morgan fingerprint density at radius 3 is 1.39 bits per heavy atom. The highest BCUT2D eigenvalue weighted by Gasteiger charge is 2.33. The van der Waals surface area contributed by atoms with Crippen molar-refractivity contribution in [3.05, 3.63) is 96.6 Å². The van der Waals surface area contributed by atoms with Crippen LogP contribution in [0.2, 0.25) is 0 Å². The zero-order valence-corrected chi connectivity index (χ0v) is 19.1. The minimum atomic E-state index is -0.225. The number of carbonyl (C=O) groups excluding carboxylic acids is 2. The van der Waals surface area contributed by atoms with Gasteiger partial charge in [0, 0.05) is 39.0 Å². The maximum absolute atomic E-state index is 11.5. The molecule has 1 aromatic carbocycles. The molecule has 0 aliphatic carbocycles. The van der Waals surface area contributed by atoms with Crippen LogP contribution in [0.5, 0.6) is 0 Å². The lowest BCUT2D eigenvalue weighted by molar-refractivity contribution is 0.0686. The summed E-state index contributed by atoms with van der Waals surface area (Å²) in [6.07, 6.45) is 7.00. The molecule has 1 aliphatic rings. The second-order valence-corrected chi connectivity index (χ2v) is 5.71. The summed E-state index contributed by atoms with van der Waals surface area (Å²) in [7, 11) is 2.56. The zero-order valence-electron chi connectivity index (χ0n) is 17.5. The maximum Gasteiger partial charge on any atom is 0.262 e. The topological polar surface area (TPSA) is 119 Å². The van der Waals surface area contributed by atoms with Crippen LogP contribution in [0.1, 0.15) is 20.7 Å². The molecule has 2 amide bonds. The number of ether oxygens (including phenoxy) is 1. The number of aliphatic hydroxyl groups excluding tert-OH is 1. The third-order valence-electron chi connectivity index (χ3n) is 3.30. The molecule has 0 radical (unpaired) electrons. The number of nitrogens with zero attached hydrogens (tertiary/aromatic N) is 3. The van der Waals surface area contributed by atoms with Gasteiger partial charge < -0.3 is 15.6 Å². The van der Waals surface area contributed by atoms with Gasteiger partial charge in [0.25, 0.3) is 11.8 Å². The third-order valence-corrected chi connectivity index (χ3v) is 3.80. The van der Waals surface area contributed by atoms with Crippen LogP contribution in [0.3, 0.4) is 0 Å². The van der Waals surface area contributed by atoms with E-state index in [0.29, 0.717) is 17.9 Å². The number of amides is 2. The quantitative estimate of drug-likeness (QED) is 0.245. The van der Waals surface area contributed by atoms with Crippen molar-refractivity contribution in [1.82, 2.24) is 14.9 Å². The Morgan fingerprint density at radius 1 is 0.839 bits per heavy atom. The van der Waals surface area contributed by atoms with Crippen LogP contribution < -0.4 is 5.73 Å². The highest BCUT2D eigenvalue weighted by atomic mass is 79.9. The molecular weight excluding hydrogens is 464 g/mol. The molecule has 0 spiro atoms. The number of fused-ring (bicyclic) bond motifs is 1. The lowest BCUT2D eigenvalue weighted by atomic mass is 10.1. The molecule has 0 saturated carbocycles. The number of hydrogen-bond acceptors (Lipinski definition) is 7. The number of benzene rings is 1. The van der Waals surface area contributed by atoms with E-state index in [1.54, 1.807) is 56.2 Å². The normalized spacial score (nSPS) is 10.5. The number of aromatic nitrogens is 2. The monoisotopic (exact) mass is 490 g/mol. The average molecular weight is 491 g/mol. The minimum Gasteiger partial charge on any atom is -0.400 e. The van der Waals surface area contributed by atoms with Gasteiger partial charge in [-0.05, 0) is 36.4 Å². The van der Waals surface area contributed by atoms with Crippen LogP contribution in [0, 0.1) is 0 Å². The summed E-state index contributed by atoms with van der Waals surface area (Å²) in [5.74, 6) is -0.449. The van der Waals surface area contributed by atoms with Crippen LogP contribution in [0.15, 0.2) is 85.5 Å². The highest BCUT2D eigenvalue weighted by molar-refractivity contribution is 9.09. The van der Waals surface area contributed by atoms with Crippen molar-refractivity contribution in [2.75, 3.05) is 26.4 Å². The number of alkyl halides is 1. The van der Waals surface area contributed by atoms with E-state index in [4.69, 9.17) is 10.8 Å². The van der Waals surface area contributed by atoms with Crippen molar-refractivity contribution in [1.29, 1.82) is 0 Å². The van der Waals surface area contributed by atoms with E-state index < -0.39 is 0 Å². The van der Waals surface area contributed by atoms with Gasteiger partial charge in [-0.2, -0.15) is 0 Å². The van der Waals surface area contributed by atoms with Gasteiger partial charge in [0.15, 0.2) is 0 Å². The van der Waals surface area contributed by atoms with Crippen molar-refractivity contribution < 1.29 is 19.4 Å². The number of hydrogen-bond donors (Lipinski definition) is 2. The molecule has 8 nitrogen and oxygen atoms in total. The zero-order chi connectivity index (χ0) is 23.3. The number of halogens is 1. The van der Waals surface area contributed by atoms with E-state index in [9.17, 15) is 9.59 Å². The second kappa shape index (κ2) is 19.0. The van der Waals surface area contributed by atoms with Gasteiger partial charge in [-0.1, -0.05) is 40.2 Å². The van der Waals surface area contributed by atoms with Crippen LogP contribution in [-0.4, -0.2) is 58.2 Å². The lowest BCUT2D eigenvalue weighted by Gasteiger charge is -2.07. The molecule has 3 heterocycles. The van der Waals surface area contributed by atoms with Gasteiger partial charge in [0.05, 0.1) is 23.3 Å². The summed E-state index contributed by atoms with van der Waals surface area (Å²) < 4.78 is 4.32. The molecule has 0 unspecified atom stereocenters. The number of pyridine rings is 2. The standard InChI is InChI=1S/C9H6BrNO2.2C5H5N.C2H7NO.CH4O/c10-5-11-8(12)6-3-1-2-4-7(6)9(11)13;2*1-2-4-6-5-3-1;1-4-2-3;1-2/h1-4H,5H2;2*1-5H;2-3H2,1H3;2H,1H3. The van der Waals surface area contributed by atoms with Crippen molar-refractivity contribution in [2.45, 2.75) is 0 Å². The van der Waals surface area contributed by atoms with Gasteiger partial charge in [-0.3, -0.25) is 24.5 Å².